The number of hydrogen-bond donors (Lipinski definition) is 4. The highest BCUT2D eigenvalue weighted by molar-refractivity contribution is 4.88. The average Bonchev–Trinajstić information content (AvgIpc) is 2.19. The highest BCUT2D eigenvalue weighted by Gasteiger charge is 2.43. The van der Waals surface area contributed by atoms with Crippen molar-refractivity contribution in [2.24, 2.45) is 0 Å². The molecule has 1 aliphatic rings. The second-order valence-electron chi connectivity index (χ2n) is 3.15. The molecule has 0 radical (unpaired) electrons. The van der Waals surface area contributed by atoms with E-state index < -0.39 is 37.3 Å². The van der Waals surface area contributed by atoms with E-state index in [1.807, 2.05) is 0 Å². The fourth-order valence-corrected chi connectivity index (χ4v) is 1.37. The van der Waals surface area contributed by atoms with E-state index in [1.54, 1.807) is 6.92 Å². The summed E-state index contributed by atoms with van der Waals surface area (Å²) in [4.78, 5) is 0. The summed E-state index contributed by atoms with van der Waals surface area (Å²) in [5.41, 5.74) is 0. The molecule has 0 bridgehead atoms. The summed E-state index contributed by atoms with van der Waals surface area (Å²) in [5, 5.41) is 36.9. The van der Waals surface area contributed by atoms with Gasteiger partial charge in [-0.1, -0.05) is 0 Å². The average molecular weight is 208 g/mol. The minimum Gasteiger partial charge on any atom is -0.394 e. The van der Waals surface area contributed by atoms with Gasteiger partial charge in [-0.15, -0.1) is 0 Å². The molecule has 6 nitrogen and oxygen atoms in total. The third-order valence-corrected chi connectivity index (χ3v) is 2.18. The highest BCUT2D eigenvalue weighted by Crippen LogP contribution is 2.21. The molecule has 1 fully saturated rings. The van der Waals surface area contributed by atoms with E-state index in [2.05, 4.69) is 0 Å². The number of hydrogen-bond acceptors (Lipinski definition) is 6. The number of aliphatic hydroxyl groups excluding tert-OH is 4. The minimum absolute atomic E-state index is 0.308. The van der Waals surface area contributed by atoms with Gasteiger partial charge < -0.3 is 29.9 Å². The Morgan fingerprint density at radius 1 is 1.14 bits per heavy atom. The summed E-state index contributed by atoms with van der Waals surface area (Å²) in [7, 11) is 0. The fourth-order valence-electron chi connectivity index (χ4n) is 1.37. The molecule has 1 heterocycles. The zero-order chi connectivity index (χ0) is 10.7. The number of rotatable bonds is 3. The molecule has 0 aromatic heterocycles. The summed E-state index contributed by atoms with van der Waals surface area (Å²) >= 11 is 0. The molecule has 1 aliphatic heterocycles. The molecule has 6 heteroatoms. The molecule has 1 rings (SSSR count). The third kappa shape index (κ3) is 2.22. The highest BCUT2D eigenvalue weighted by atomic mass is 16.7. The third-order valence-electron chi connectivity index (χ3n) is 2.18. The molecule has 4 N–H and O–H groups in total. The van der Waals surface area contributed by atoms with Crippen molar-refractivity contribution in [1.29, 1.82) is 0 Å². The Bertz CT molecular complexity index is 171. The maximum atomic E-state index is 9.41. The normalized spacial score (nSPS) is 43.9. The van der Waals surface area contributed by atoms with Gasteiger partial charge in [0.15, 0.2) is 6.29 Å². The zero-order valence-electron chi connectivity index (χ0n) is 7.91. The molecule has 84 valence electrons. The first kappa shape index (κ1) is 11.8. The van der Waals surface area contributed by atoms with Crippen molar-refractivity contribution in [1.82, 2.24) is 0 Å². The fraction of sp³-hybridized carbons (Fsp3) is 1.00. The Balaban J connectivity index is 2.63. The van der Waals surface area contributed by atoms with Crippen LogP contribution in [0.1, 0.15) is 6.92 Å². The van der Waals surface area contributed by atoms with E-state index >= 15 is 0 Å². The van der Waals surface area contributed by atoms with E-state index in [9.17, 15) is 15.3 Å². The van der Waals surface area contributed by atoms with Gasteiger partial charge in [0.2, 0.25) is 0 Å². The van der Waals surface area contributed by atoms with Gasteiger partial charge in [0.1, 0.15) is 24.4 Å². The SMILES string of the molecule is CCOC1O[C@@H](CO)[C@H](O)[C@@H](O)[C@@H]1O. The minimum atomic E-state index is -1.36. The van der Waals surface area contributed by atoms with E-state index in [0.29, 0.717) is 6.61 Å². The smallest absolute Gasteiger partial charge is 0.186 e. The molecular weight excluding hydrogens is 192 g/mol. The monoisotopic (exact) mass is 208 g/mol. The zero-order valence-corrected chi connectivity index (χ0v) is 7.91. The Hall–Kier alpha value is -0.240. The number of aliphatic hydroxyl groups is 4. The molecule has 0 aromatic carbocycles. The summed E-state index contributed by atoms with van der Waals surface area (Å²) < 4.78 is 10.0. The van der Waals surface area contributed by atoms with Crippen LogP contribution in [-0.4, -0.2) is 64.3 Å². The summed E-state index contributed by atoms with van der Waals surface area (Å²) in [6.45, 7) is 1.58. The van der Waals surface area contributed by atoms with Crippen LogP contribution in [0, 0.1) is 0 Å². The van der Waals surface area contributed by atoms with Crippen LogP contribution in [0.15, 0.2) is 0 Å². The largest absolute Gasteiger partial charge is 0.394 e. The van der Waals surface area contributed by atoms with Crippen LogP contribution in [0.25, 0.3) is 0 Å². The first-order chi connectivity index (χ1) is 6.61. The lowest BCUT2D eigenvalue weighted by molar-refractivity contribution is -0.300. The maximum absolute atomic E-state index is 9.41. The van der Waals surface area contributed by atoms with Crippen molar-refractivity contribution in [3.05, 3.63) is 0 Å². The van der Waals surface area contributed by atoms with Gasteiger partial charge in [-0.3, -0.25) is 0 Å². The Kier molecular flexibility index (Phi) is 4.24. The van der Waals surface area contributed by atoms with Gasteiger partial charge in [0.05, 0.1) is 6.61 Å². The topological polar surface area (TPSA) is 99.4 Å². The lowest BCUT2D eigenvalue weighted by atomic mass is 9.99. The molecule has 0 spiro atoms. The second-order valence-corrected chi connectivity index (χ2v) is 3.15. The van der Waals surface area contributed by atoms with Gasteiger partial charge >= 0.3 is 0 Å². The van der Waals surface area contributed by atoms with Crippen LogP contribution in [0.3, 0.4) is 0 Å². The lowest BCUT2D eigenvalue weighted by Crippen LogP contribution is -2.59. The van der Waals surface area contributed by atoms with E-state index in [1.165, 1.54) is 0 Å². The molecule has 14 heavy (non-hydrogen) atoms. The van der Waals surface area contributed by atoms with Crippen molar-refractivity contribution in [2.45, 2.75) is 37.6 Å². The van der Waals surface area contributed by atoms with E-state index in [4.69, 9.17) is 14.6 Å². The molecule has 5 atom stereocenters. The first-order valence-electron chi connectivity index (χ1n) is 4.54. The lowest BCUT2D eigenvalue weighted by Gasteiger charge is -2.39. The summed E-state index contributed by atoms with van der Waals surface area (Å²) in [6.07, 6.45) is -5.89. The van der Waals surface area contributed by atoms with Crippen LogP contribution < -0.4 is 0 Å². The summed E-state index contributed by atoms with van der Waals surface area (Å²) in [6, 6.07) is 0. The van der Waals surface area contributed by atoms with Gasteiger partial charge in [0.25, 0.3) is 0 Å². The van der Waals surface area contributed by atoms with Gasteiger partial charge in [-0.2, -0.15) is 0 Å². The van der Waals surface area contributed by atoms with E-state index in [-0.39, 0.29) is 0 Å². The quantitative estimate of drug-likeness (QED) is 0.421. The molecule has 1 unspecified atom stereocenters. The van der Waals surface area contributed by atoms with Crippen molar-refractivity contribution in [3.8, 4) is 0 Å². The molecule has 0 aliphatic carbocycles. The number of ether oxygens (including phenoxy) is 2. The predicted molar refractivity (Wildman–Crippen MR) is 45.4 cm³/mol. The van der Waals surface area contributed by atoms with Crippen molar-refractivity contribution >= 4 is 0 Å². The van der Waals surface area contributed by atoms with Crippen LogP contribution in [0.2, 0.25) is 0 Å². The molecule has 0 saturated carbocycles. The molecular formula is C8H16O6. The van der Waals surface area contributed by atoms with Crippen LogP contribution in [0.5, 0.6) is 0 Å². The van der Waals surface area contributed by atoms with Gasteiger partial charge in [0, 0.05) is 6.61 Å². The summed E-state index contributed by atoms with van der Waals surface area (Å²) in [5.74, 6) is 0. The standard InChI is InChI=1S/C8H16O6/c1-2-13-8-7(12)6(11)5(10)4(3-9)14-8/h4-12H,2-3H2,1H3/t4-,5-,6+,7-,8?/m0/s1. The van der Waals surface area contributed by atoms with Crippen molar-refractivity contribution < 1.29 is 29.9 Å². The van der Waals surface area contributed by atoms with Crippen molar-refractivity contribution in [2.75, 3.05) is 13.2 Å². The molecule has 1 saturated heterocycles. The Morgan fingerprint density at radius 2 is 1.79 bits per heavy atom. The van der Waals surface area contributed by atoms with Gasteiger partial charge in [-0.25, -0.2) is 0 Å². The Morgan fingerprint density at radius 3 is 2.29 bits per heavy atom. The molecule has 0 amide bonds. The second kappa shape index (κ2) is 5.01. The van der Waals surface area contributed by atoms with E-state index in [0.717, 1.165) is 0 Å². The van der Waals surface area contributed by atoms with Crippen LogP contribution >= 0.6 is 0 Å². The molecule has 0 aromatic rings. The Labute approximate surface area is 81.7 Å². The van der Waals surface area contributed by atoms with Crippen molar-refractivity contribution in [3.63, 3.8) is 0 Å². The predicted octanol–water partition coefficient (Wildman–Crippen LogP) is -2.18. The van der Waals surface area contributed by atoms with Crippen LogP contribution in [-0.2, 0) is 9.47 Å². The maximum Gasteiger partial charge on any atom is 0.186 e. The first-order valence-corrected chi connectivity index (χ1v) is 4.54. The van der Waals surface area contributed by atoms with Crippen LogP contribution in [0.4, 0.5) is 0 Å². The van der Waals surface area contributed by atoms with Gasteiger partial charge in [-0.05, 0) is 6.92 Å².